The van der Waals surface area contributed by atoms with E-state index in [4.69, 9.17) is 4.74 Å². The molecule has 6 nitrogen and oxygen atoms in total. The van der Waals surface area contributed by atoms with Crippen LogP contribution in [0.5, 0.6) is 0 Å². The quantitative estimate of drug-likeness (QED) is 0.510. The van der Waals surface area contributed by atoms with E-state index in [1.54, 1.807) is 0 Å². The number of rotatable bonds is 10. The molecule has 0 bridgehead atoms. The highest BCUT2D eigenvalue weighted by atomic mass is 16.5. The molecule has 0 aliphatic carbocycles. The van der Waals surface area contributed by atoms with Crippen LogP contribution in [-0.2, 0) is 29.1 Å². The fourth-order valence-electron chi connectivity index (χ4n) is 3.51. The normalized spacial score (nSPS) is 11.1. The Morgan fingerprint density at radius 1 is 0.968 bits per heavy atom. The summed E-state index contributed by atoms with van der Waals surface area (Å²) in [4.78, 5) is 40.9. The number of H-pyrrole nitrogens is 1. The molecule has 31 heavy (non-hydrogen) atoms. The number of hydrogen-bond acceptors (Lipinski definition) is 4. The number of hydrogen-bond donors (Lipinski definition) is 1. The van der Waals surface area contributed by atoms with Crippen molar-refractivity contribution in [2.45, 2.75) is 45.8 Å². The van der Waals surface area contributed by atoms with Gasteiger partial charge in [-0.3, -0.25) is 14.2 Å². The number of nitrogens with one attached hydrogen (secondary N) is 1. The molecule has 0 atom stereocenters. The molecule has 162 valence electrons. The van der Waals surface area contributed by atoms with Crippen LogP contribution in [0.15, 0.2) is 70.3 Å². The Labute approximate surface area is 181 Å². The van der Waals surface area contributed by atoms with E-state index in [1.165, 1.54) is 0 Å². The second-order valence-electron chi connectivity index (χ2n) is 7.86. The lowest BCUT2D eigenvalue weighted by Gasteiger charge is -2.15. The Balaban J connectivity index is 1.69. The maximum atomic E-state index is 13.1. The molecule has 6 heteroatoms. The molecule has 0 amide bonds. The molecule has 0 fully saturated rings. The van der Waals surface area contributed by atoms with Crippen molar-refractivity contribution in [3.63, 3.8) is 0 Å². The summed E-state index contributed by atoms with van der Waals surface area (Å²) in [5.74, 6) is -0.301. The van der Waals surface area contributed by atoms with Gasteiger partial charge in [0, 0.05) is 24.1 Å². The molecule has 3 aromatic rings. The standard InChI is InChI=1S/C25H28N2O4/c1-18(2)23-22(15-19-9-5-3-6-10-19)26-25(30)27(24(23)29)16-21(28)13-14-31-17-20-11-7-4-8-12-20/h3-12,18H,13-17H2,1-2H3,(H,26,30). The molecular weight excluding hydrogens is 392 g/mol. The van der Waals surface area contributed by atoms with E-state index < -0.39 is 11.2 Å². The van der Waals surface area contributed by atoms with Crippen LogP contribution in [-0.4, -0.2) is 21.9 Å². The van der Waals surface area contributed by atoms with Crippen molar-refractivity contribution in [1.82, 2.24) is 9.55 Å². The van der Waals surface area contributed by atoms with Gasteiger partial charge in [0.25, 0.3) is 5.56 Å². The molecule has 0 aliphatic heterocycles. The van der Waals surface area contributed by atoms with Gasteiger partial charge in [-0.2, -0.15) is 0 Å². The molecule has 2 aromatic carbocycles. The number of ketones is 1. The monoisotopic (exact) mass is 420 g/mol. The minimum absolute atomic E-state index is 0.0846. The van der Waals surface area contributed by atoms with E-state index in [1.807, 2.05) is 74.5 Å². The fourth-order valence-corrected chi connectivity index (χ4v) is 3.51. The summed E-state index contributed by atoms with van der Waals surface area (Å²) in [6.07, 6.45) is 0.600. The number of aromatic amines is 1. The van der Waals surface area contributed by atoms with Gasteiger partial charge in [0.1, 0.15) is 0 Å². The summed E-state index contributed by atoms with van der Waals surface area (Å²) in [7, 11) is 0. The molecule has 0 saturated heterocycles. The summed E-state index contributed by atoms with van der Waals surface area (Å²) in [5.41, 5.74) is 2.21. The van der Waals surface area contributed by atoms with Crippen molar-refractivity contribution in [2.24, 2.45) is 0 Å². The smallest absolute Gasteiger partial charge is 0.328 e. The van der Waals surface area contributed by atoms with Gasteiger partial charge in [-0.1, -0.05) is 74.5 Å². The number of Topliss-reactive ketones (excluding diaryl/α,β-unsaturated/α-hetero) is 1. The Bertz CT molecular complexity index is 1120. The molecule has 1 heterocycles. The van der Waals surface area contributed by atoms with E-state index in [9.17, 15) is 14.4 Å². The third-order valence-corrected chi connectivity index (χ3v) is 5.08. The molecule has 1 N–H and O–H groups in total. The Hall–Kier alpha value is -3.25. The Kier molecular flexibility index (Phi) is 7.73. The second-order valence-corrected chi connectivity index (χ2v) is 7.86. The van der Waals surface area contributed by atoms with Crippen LogP contribution < -0.4 is 11.2 Å². The first kappa shape index (κ1) is 22.4. The first-order valence-electron chi connectivity index (χ1n) is 10.5. The summed E-state index contributed by atoms with van der Waals surface area (Å²) in [6, 6.07) is 19.3. The molecule has 0 radical (unpaired) electrons. The van der Waals surface area contributed by atoms with E-state index >= 15 is 0 Å². The second kappa shape index (κ2) is 10.7. The molecular formula is C25H28N2O4. The third kappa shape index (κ3) is 6.12. The van der Waals surface area contributed by atoms with Gasteiger partial charge in [-0.05, 0) is 17.0 Å². The zero-order chi connectivity index (χ0) is 22.2. The van der Waals surface area contributed by atoms with Gasteiger partial charge in [0.15, 0.2) is 5.78 Å². The highest BCUT2D eigenvalue weighted by Gasteiger charge is 2.18. The summed E-state index contributed by atoms with van der Waals surface area (Å²) in [5, 5.41) is 0. The predicted octanol–water partition coefficient (Wildman–Crippen LogP) is 3.43. The van der Waals surface area contributed by atoms with Crippen molar-refractivity contribution in [1.29, 1.82) is 0 Å². The number of ether oxygens (including phenoxy) is 1. The number of nitrogens with zero attached hydrogens (tertiary/aromatic N) is 1. The zero-order valence-electron chi connectivity index (χ0n) is 18.0. The van der Waals surface area contributed by atoms with E-state index in [-0.39, 0.29) is 31.3 Å². The van der Waals surface area contributed by atoms with Crippen LogP contribution in [0, 0.1) is 0 Å². The van der Waals surface area contributed by atoms with E-state index in [2.05, 4.69) is 4.98 Å². The Morgan fingerprint density at radius 2 is 1.58 bits per heavy atom. The van der Waals surface area contributed by atoms with Crippen LogP contribution in [0.25, 0.3) is 0 Å². The molecule has 0 spiro atoms. The van der Waals surface area contributed by atoms with Gasteiger partial charge in [-0.25, -0.2) is 4.79 Å². The first-order valence-corrected chi connectivity index (χ1v) is 10.5. The van der Waals surface area contributed by atoms with Crippen LogP contribution >= 0.6 is 0 Å². The lowest BCUT2D eigenvalue weighted by atomic mass is 9.98. The van der Waals surface area contributed by atoms with Gasteiger partial charge in [-0.15, -0.1) is 0 Å². The van der Waals surface area contributed by atoms with Crippen molar-refractivity contribution in [2.75, 3.05) is 6.61 Å². The number of carbonyl (C=O) groups excluding carboxylic acids is 1. The number of aromatic nitrogens is 2. The minimum atomic E-state index is -0.557. The van der Waals surface area contributed by atoms with E-state index in [0.29, 0.717) is 24.3 Å². The topological polar surface area (TPSA) is 81.2 Å². The van der Waals surface area contributed by atoms with Crippen LogP contribution in [0.2, 0.25) is 0 Å². The summed E-state index contributed by atoms with van der Waals surface area (Å²) in [6.45, 7) is 4.22. The van der Waals surface area contributed by atoms with Crippen molar-refractivity contribution >= 4 is 5.78 Å². The lowest BCUT2D eigenvalue weighted by molar-refractivity contribution is -0.120. The SMILES string of the molecule is CC(C)c1c(Cc2ccccc2)[nH]c(=O)n(CC(=O)CCOCc2ccccc2)c1=O. The Morgan fingerprint density at radius 3 is 2.19 bits per heavy atom. The van der Waals surface area contributed by atoms with Crippen LogP contribution in [0.4, 0.5) is 0 Å². The minimum Gasteiger partial charge on any atom is -0.376 e. The highest BCUT2D eigenvalue weighted by Crippen LogP contribution is 2.16. The van der Waals surface area contributed by atoms with Gasteiger partial charge in [0.2, 0.25) is 0 Å². The maximum Gasteiger partial charge on any atom is 0.328 e. The largest absolute Gasteiger partial charge is 0.376 e. The summed E-state index contributed by atoms with van der Waals surface area (Å²) >= 11 is 0. The number of benzene rings is 2. The highest BCUT2D eigenvalue weighted by molar-refractivity contribution is 5.78. The van der Waals surface area contributed by atoms with Crippen LogP contribution in [0.1, 0.15) is 48.6 Å². The zero-order valence-corrected chi connectivity index (χ0v) is 18.0. The fraction of sp³-hybridized carbons (Fsp3) is 0.320. The third-order valence-electron chi connectivity index (χ3n) is 5.08. The molecule has 0 aliphatic rings. The van der Waals surface area contributed by atoms with E-state index in [0.717, 1.165) is 15.7 Å². The molecule has 1 aromatic heterocycles. The van der Waals surface area contributed by atoms with Gasteiger partial charge >= 0.3 is 5.69 Å². The van der Waals surface area contributed by atoms with Crippen LogP contribution in [0.3, 0.4) is 0 Å². The average molecular weight is 421 g/mol. The van der Waals surface area contributed by atoms with Crippen molar-refractivity contribution < 1.29 is 9.53 Å². The van der Waals surface area contributed by atoms with Crippen molar-refractivity contribution in [3.05, 3.63) is 104 Å². The lowest BCUT2D eigenvalue weighted by Crippen LogP contribution is -2.41. The molecule has 3 rings (SSSR count). The maximum absolute atomic E-state index is 13.1. The number of carbonyl (C=O) groups is 1. The molecule has 0 saturated carbocycles. The average Bonchev–Trinajstić information content (AvgIpc) is 2.75. The van der Waals surface area contributed by atoms with Crippen molar-refractivity contribution in [3.8, 4) is 0 Å². The first-order chi connectivity index (χ1) is 15.0. The van der Waals surface area contributed by atoms with Gasteiger partial charge < -0.3 is 9.72 Å². The summed E-state index contributed by atoms with van der Waals surface area (Å²) < 4.78 is 6.55. The predicted molar refractivity (Wildman–Crippen MR) is 120 cm³/mol. The van der Waals surface area contributed by atoms with Gasteiger partial charge in [0.05, 0.1) is 19.8 Å². The molecule has 0 unspecified atom stereocenters.